The Morgan fingerprint density at radius 3 is 2.71 bits per heavy atom. The third-order valence-corrected chi connectivity index (χ3v) is 5.17. The quantitative estimate of drug-likeness (QED) is 0.889. The molecule has 3 heterocycles. The minimum atomic E-state index is 0.0912. The minimum Gasteiger partial charge on any atom is -0.508 e. The van der Waals surface area contributed by atoms with Crippen LogP contribution in [0.5, 0.6) is 5.75 Å². The lowest BCUT2D eigenvalue weighted by Crippen LogP contribution is -2.41. The van der Waals surface area contributed by atoms with Crippen LogP contribution in [0.3, 0.4) is 0 Å². The van der Waals surface area contributed by atoms with Gasteiger partial charge in [0.15, 0.2) is 0 Å². The molecule has 2 aliphatic rings. The SMILES string of the molecule is Oc1ccc(Cl)c(Cl)c1[C@@H]1Cc2nnc(C3CNC3)n2C1. The normalized spacial score (nSPS) is 21.3. The summed E-state index contributed by atoms with van der Waals surface area (Å²) in [5.74, 6) is 2.71. The van der Waals surface area contributed by atoms with Crippen LogP contribution in [0.15, 0.2) is 12.1 Å². The fraction of sp³-hybridized carbons (Fsp3) is 0.429. The second-order valence-corrected chi connectivity index (χ2v) is 6.42. The summed E-state index contributed by atoms with van der Waals surface area (Å²) in [4.78, 5) is 0. The number of hydrogen-bond acceptors (Lipinski definition) is 4. The molecule has 2 aliphatic heterocycles. The zero-order valence-electron chi connectivity index (χ0n) is 11.2. The Hall–Kier alpha value is -1.30. The van der Waals surface area contributed by atoms with Gasteiger partial charge >= 0.3 is 0 Å². The molecule has 1 saturated heterocycles. The van der Waals surface area contributed by atoms with E-state index in [0.717, 1.165) is 37.7 Å². The van der Waals surface area contributed by atoms with Crippen molar-refractivity contribution in [3.05, 3.63) is 39.4 Å². The number of halogens is 2. The molecule has 2 aromatic rings. The van der Waals surface area contributed by atoms with Crippen LogP contribution in [-0.2, 0) is 13.0 Å². The van der Waals surface area contributed by atoms with E-state index in [2.05, 4.69) is 20.1 Å². The number of aromatic nitrogens is 3. The van der Waals surface area contributed by atoms with Crippen LogP contribution in [0.25, 0.3) is 0 Å². The Balaban J connectivity index is 1.68. The molecule has 0 saturated carbocycles. The van der Waals surface area contributed by atoms with Gasteiger partial charge in [-0.3, -0.25) is 0 Å². The Bertz CT molecular complexity index is 711. The zero-order chi connectivity index (χ0) is 14.6. The highest BCUT2D eigenvalue weighted by atomic mass is 35.5. The predicted octanol–water partition coefficient (Wildman–Crippen LogP) is 2.32. The standard InChI is InChI=1S/C14H14Cl2N4O/c15-9-1-2-10(21)12(13(9)16)7-3-11-18-19-14(20(11)6-7)8-4-17-5-8/h1-2,7-8,17,21H,3-6H2/t7-/m1/s1. The molecule has 1 aromatic carbocycles. The molecule has 0 aliphatic carbocycles. The molecule has 7 heteroatoms. The molecule has 0 spiro atoms. The van der Waals surface area contributed by atoms with Crippen molar-refractivity contribution < 1.29 is 5.11 Å². The number of fused-ring (bicyclic) bond motifs is 1. The second kappa shape index (κ2) is 4.87. The van der Waals surface area contributed by atoms with Crippen LogP contribution >= 0.6 is 23.2 Å². The van der Waals surface area contributed by atoms with Crippen molar-refractivity contribution in [2.24, 2.45) is 0 Å². The molecule has 1 aromatic heterocycles. The van der Waals surface area contributed by atoms with Crippen LogP contribution in [0.4, 0.5) is 0 Å². The van der Waals surface area contributed by atoms with E-state index in [9.17, 15) is 5.11 Å². The Kier molecular flexibility index (Phi) is 3.10. The molecular formula is C14H14Cl2N4O. The first-order valence-electron chi connectivity index (χ1n) is 6.94. The Morgan fingerprint density at radius 1 is 1.19 bits per heavy atom. The van der Waals surface area contributed by atoms with Gasteiger partial charge in [0.1, 0.15) is 17.4 Å². The van der Waals surface area contributed by atoms with Gasteiger partial charge in [-0.15, -0.1) is 10.2 Å². The van der Waals surface area contributed by atoms with Crippen LogP contribution in [-0.4, -0.2) is 33.0 Å². The number of phenols is 1. The summed E-state index contributed by atoms with van der Waals surface area (Å²) in [7, 11) is 0. The number of hydrogen-bond donors (Lipinski definition) is 2. The van der Waals surface area contributed by atoms with Crippen LogP contribution in [0, 0.1) is 0 Å². The lowest BCUT2D eigenvalue weighted by Gasteiger charge is -2.26. The average molecular weight is 325 g/mol. The number of benzene rings is 1. The monoisotopic (exact) mass is 324 g/mol. The van der Waals surface area contributed by atoms with Crippen molar-refractivity contribution >= 4 is 23.2 Å². The molecule has 21 heavy (non-hydrogen) atoms. The fourth-order valence-corrected chi connectivity index (χ4v) is 3.59. The maximum absolute atomic E-state index is 10.1. The van der Waals surface area contributed by atoms with Crippen molar-refractivity contribution in [1.29, 1.82) is 0 Å². The summed E-state index contributed by atoms with van der Waals surface area (Å²) in [6.45, 7) is 2.64. The Morgan fingerprint density at radius 2 is 2.00 bits per heavy atom. The van der Waals surface area contributed by atoms with Gasteiger partial charge in [-0.25, -0.2) is 0 Å². The number of aromatic hydroxyl groups is 1. The molecule has 0 unspecified atom stereocenters. The van der Waals surface area contributed by atoms with E-state index >= 15 is 0 Å². The smallest absolute Gasteiger partial charge is 0.138 e. The van der Waals surface area contributed by atoms with Crippen molar-refractivity contribution in [3.8, 4) is 5.75 Å². The van der Waals surface area contributed by atoms with E-state index in [1.807, 2.05) is 0 Å². The van der Waals surface area contributed by atoms with Crippen LogP contribution in [0.1, 0.15) is 29.0 Å². The third kappa shape index (κ3) is 2.03. The van der Waals surface area contributed by atoms with Crippen molar-refractivity contribution in [1.82, 2.24) is 20.1 Å². The van der Waals surface area contributed by atoms with Crippen LogP contribution < -0.4 is 5.32 Å². The van der Waals surface area contributed by atoms with Gasteiger partial charge in [0, 0.05) is 43.5 Å². The molecule has 0 amide bonds. The van der Waals surface area contributed by atoms with Gasteiger partial charge in [0.05, 0.1) is 10.0 Å². The van der Waals surface area contributed by atoms with E-state index in [4.69, 9.17) is 23.2 Å². The highest BCUT2D eigenvalue weighted by Crippen LogP contribution is 2.42. The molecule has 1 atom stereocenters. The van der Waals surface area contributed by atoms with Gasteiger partial charge in [-0.1, -0.05) is 23.2 Å². The van der Waals surface area contributed by atoms with E-state index in [1.54, 1.807) is 12.1 Å². The zero-order valence-corrected chi connectivity index (χ0v) is 12.7. The Labute approximate surface area is 131 Å². The molecule has 0 radical (unpaired) electrons. The molecule has 110 valence electrons. The summed E-state index contributed by atoms with van der Waals surface area (Å²) in [6.07, 6.45) is 0.723. The van der Waals surface area contributed by atoms with E-state index in [0.29, 0.717) is 21.5 Å². The molecule has 5 nitrogen and oxygen atoms in total. The van der Waals surface area contributed by atoms with Gasteiger partial charge in [-0.05, 0) is 12.1 Å². The molecule has 0 bridgehead atoms. The van der Waals surface area contributed by atoms with Gasteiger partial charge in [0.25, 0.3) is 0 Å². The van der Waals surface area contributed by atoms with E-state index in [1.165, 1.54) is 0 Å². The molecule has 2 N–H and O–H groups in total. The number of rotatable bonds is 2. The minimum absolute atomic E-state index is 0.0912. The molecule has 1 fully saturated rings. The van der Waals surface area contributed by atoms with Gasteiger partial charge < -0.3 is 15.0 Å². The topological polar surface area (TPSA) is 63.0 Å². The lowest BCUT2D eigenvalue weighted by atomic mass is 9.96. The lowest BCUT2D eigenvalue weighted by molar-refractivity contribution is 0.411. The maximum atomic E-state index is 10.1. The van der Waals surface area contributed by atoms with Crippen molar-refractivity contribution in [2.75, 3.05) is 13.1 Å². The summed E-state index contributed by atoms with van der Waals surface area (Å²) in [5, 5.41) is 22.9. The van der Waals surface area contributed by atoms with E-state index < -0.39 is 0 Å². The maximum Gasteiger partial charge on any atom is 0.138 e. The fourth-order valence-electron chi connectivity index (χ4n) is 3.12. The number of nitrogens with zero attached hydrogens (tertiary/aromatic N) is 3. The first kappa shape index (κ1) is 13.4. The van der Waals surface area contributed by atoms with Gasteiger partial charge in [0.2, 0.25) is 0 Å². The summed E-state index contributed by atoms with van der Waals surface area (Å²) in [5.41, 5.74) is 0.715. The predicted molar refractivity (Wildman–Crippen MR) is 80.2 cm³/mol. The highest BCUT2D eigenvalue weighted by Gasteiger charge is 2.34. The van der Waals surface area contributed by atoms with E-state index in [-0.39, 0.29) is 11.7 Å². The summed E-state index contributed by atoms with van der Waals surface area (Å²) >= 11 is 12.4. The summed E-state index contributed by atoms with van der Waals surface area (Å²) < 4.78 is 2.16. The molecule has 4 rings (SSSR count). The first-order chi connectivity index (χ1) is 10.1. The second-order valence-electron chi connectivity index (χ2n) is 5.64. The highest BCUT2D eigenvalue weighted by molar-refractivity contribution is 6.42. The van der Waals surface area contributed by atoms with Crippen LogP contribution in [0.2, 0.25) is 10.0 Å². The first-order valence-corrected chi connectivity index (χ1v) is 7.70. The molecular weight excluding hydrogens is 311 g/mol. The average Bonchev–Trinajstić information content (AvgIpc) is 2.95. The third-order valence-electron chi connectivity index (χ3n) is 4.35. The van der Waals surface area contributed by atoms with Crippen molar-refractivity contribution in [2.45, 2.75) is 24.8 Å². The number of phenolic OH excluding ortho intramolecular Hbond substituents is 1. The summed E-state index contributed by atoms with van der Waals surface area (Å²) in [6, 6.07) is 3.21. The van der Waals surface area contributed by atoms with Crippen molar-refractivity contribution in [3.63, 3.8) is 0 Å². The number of nitrogens with one attached hydrogen (secondary N) is 1. The largest absolute Gasteiger partial charge is 0.508 e. The van der Waals surface area contributed by atoms with Gasteiger partial charge in [-0.2, -0.15) is 0 Å².